The molecule has 126 valence electrons. The van der Waals surface area contributed by atoms with Crippen LogP contribution in [0.4, 0.5) is 0 Å². The fourth-order valence-electron chi connectivity index (χ4n) is 3.70. The van der Waals surface area contributed by atoms with E-state index in [4.69, 9.17) is 9.47 Å². The van der Waals surface area contributed by atoms with Gasteiger partial charge in [0.15, 0.2) is 0 Å². The van der Waals surface area contributed by atoms with Crippen LogP contribution in [0.5, 0.6) is 11.5 Å². The van der Waals surface area contributed by atoms with Gasteiger partial charge >= 0.3 is 5.97 Å². The van der Waals surface area contributed by atoms with Gasteiger partial charge in [0, 0.05) is 43.9 Å². The number of piperazine rings is 1. The standard InChI is InChI=1S/C17H24N2O4/c1-22-13-8-14(17(20)21)15(16(9-13)23-2)11-18-6-7-19-5-3-4-12(19)10-18/h8-9,12H,3-7,10-11H2,1-2H3,(H,20,21). The van der Waals surface area contributed by atoms with Gasteiger partial charge in [-0.15, -0.1) is 0 Å². The van der Waals surface area contributed by atoms with Crippen molar-refractivity contribution >= 4 is 5.97 Å². The van der Waals surface area contributed by atoms with E-state index in [1.54, 1.807) is 19.2 Å². The molecule has 6 heteroatoms. The number of nitrogens with zero attached hydrogens (tertiary/aromatic N) is 2. The Hall–Kier alpha value is -1.79. The van der Waals surface area contributed by atoms with E-state index in [2.05, 4.69) is 9.80 Å². The summed E-state index contributed by atoms with van der Waals surface area (Å²) in [4.78, 5) is 16.5. The van der Waals surface area contributed by atoms with E-state index < -0.39 is 5.97 Å². The summed E-state index contributed by atoms with van der Waals surface area (Å²) in [7, 11) is 3.10. The third-order valence-electron chi connectivity index (χ3n) is 4.92. The summed E-state index contributed by atoms with van der Waals surface area (Å²) in [5, 5.41) is 9.55. The molecule has 2 aliphatic heterocycles. The number of fused-ring (bicyclic) bond motifs is 1. The molecule has 0 radical (unpaired) electrons. The van der Waals surface area contributed by atoms with Crippen molar-refractivity contribution in [2.75, 3.05) is 40.4 Å². The van der Waals surface area contributed by atoms with Crippen molar-refractivity contribution in [3.63, 3.8) is 0 Å². The van der Waals surface area contributed by atoms with Crippen LogP contribution in [-0.4, -0.2) is 67.3 Å². The van der Waals surface area contributed by atoms with E-state index in [0.717, 1.165) is 25.2 Å². The molecule has 0 saturated carbocycles. The minimum atomic E-state index is -0.947. The molecule has 1 aromatic rings. The van der Waals surface area contributed by atoms with Gasteiger partial charge in [0.2, 0.25) is 0 Å². The predicted molar refractivity (Wildman–Crippen MR) is 86.4 cm³/mol. The van der Waals surface area contributed by atoms with Crippen molar-refractivity contribution in [1.29, 1.82) is 0 Å². The van der Waals surface area contributed by atoms with Crippen molar-refractivity contribution < 1.29 is 19.4 Å². The average molecular weight is 320 g/mol. The average Bonchev–Trinajstić information content (AvgIpc) is 3.02. The second kappa shape index (κ2) is 6.76. The molecule has 1 atom stereocenters. The summed E-state index contributed by atoms with van der Waals surface area (Å²) in [6.07, 6.45) is 2.51. The van der Waals surface area contributed by atoms with Gasteiger partial charge in [-0.25, -0.2) is 4.79 Å². The topological polar surface area (TPSA) is 62.2 Å². The van der Waals surface area contributed by atoms with E-state index in [1.165, 1.54) is 26.5 Å². The summed E-state index contributed by atoms with van der Waals surface area (Å²) in [6, 6.07) is 3.95. The Morgan fingerprint density at radius 3 is 2.78 bits per heavy atom. The van der Waals surface area contributed by atoms with Crippen LogP contribution in [0.3, 0.4) is 0 Å². The number of hydrogen-bond acceptors (Lipinski definition) is 5. The van der Waals surface area contributed by atoms with E-state index in [9.17, 15) is 9.90 Å². The van der Waals surface area contributed by atoms with E-state index in [0.29, 0.717) is 24.1 Å². The monoisotopic (exact) mass is 320 g/mol. The molecule has 0 bridgehead atoms. The van der Waals surface area contributed by atoms with E-state index in [-0.39, 0.29) is 5.56 Å². The van der Waals surface area contributed by atoms with Gasteiger partial charge in [-0.05, 0) is 25.5 Å². The first-order valence-electron chi connectivity index (χ1n) is 8.07. The summed E-state index contributed by atoms with van der Waals surface area (Å²) in [5.74, 6) is 0.135. The minimum Gasteiger partial charge on any atom is -0.497 e. The number of hydrogen-bond donors (Lipinski definition) is 1. The molecular weight excluding hydrogens is 296 g/mol. The molecule has 3 rings (SSSR count). The molecule has 2 fully saturated rings. The fraction of sp³-hybridized carbons (Fsp3) is 0.588. The van der Waals surface area contributed by atoms with Gasteiger partial charge in [0.25, 0.3) is 0 Å². The highest BCUT2D eigenvalue weighted by Gasteiger charge is 2.31. The third-order valence-corrected chi connectivity index (χ3v) is 4.92. The van der Waals surface area contributed by atoms with Crippen LogP contribution in [0.15, 0.2) is 12.1 Å². The normalized spacial score (nSPS) is 21.9. The van der Waals surface area contributed by atoms with Crippen LogP contribution < -0.4 is 9.47 Å². The maximum absolute atomic E-state index is 11.6. The van der Waals surface area contributed by atoms with Crippen LogP contribution in [-0.2, 0) is 6.54 Å². The number of methoxy groups -OCH3 is 2. The molecule has 6 nitrogen and oxygen atoms in total. The van der Waals surface area contributed by atoms with Crippen LogP contribution in [0.25, 0.3) is 0 Å². The zero-order valence-corrected chi connectivity index (χ0v) is 13.7. The molecule has 2 aliphatic rings. The van der Waals surface area contributed by atoms with Crippen molar-refractivity contribution in [3.8, 4) is 11.5 Å². The third kappa shape index (κ3) is 3.28. The van der Waals surface area contributed by atoms with Crippen LogP contribution in [0.2, 0.25) is 0 Å². The second-order valence-corrected chi connectivity index (χ2v) is 6.23. The summed E-state index contributed by atoms with van der Waals surface area (Å²) in [6.45, 7) is 4.81. The highest BCUT2D eigenvalue weighted by atomic mass is 16.5. The lowest BCUT2D eigenvalue weighted by atomic mass is 10.0. The Bertz CT molecular complexity index is 590. The number of ether oxygens (including phenoxy) is 2. The molecule has 2 saturated heterocycles. The second-order valence-electron chi connectivity index (χ2n) is 6.23. The smallest absolute Gasteiger partial charge is 0.336 e. The lowest BCUT2D eigenvalue weighted by molar-refractivity contribution is 0.0689. The lowest BCUT2D eigenvalue weighted by Crippen LogP contribution is -2.49. The zero-order valence-electron chi connectivity index (χ0n) is 13.7. The molecule has 0 aliphatic carbocycles. The quantitative estimate of drug-likeness (QED) is 0.891. The Morgan fingerprint density at radius 2 is 2.09 bits per heavy atom. The first kappa shape index (κ1) is 16.1. The maximum Gasteiger partial charge on any atom is 0.336 e. The zero-order chi connectivity index (χ0) is 16.4. The molecule has 1 unspecified atom stereocenters. The summed E-state index contributed by atoms with van der Waals surface area (Å²) >= 11 is 0. The number of carbonyl (C=O) groups is 1. The number of carboxylic acids is 1. The number of carboxylic acid groups (broad SMARTS) is 1. The number of aromatic carboxylic acids is 1. The highest BCUT2D eigenvalue weighted by molar-refractivity contribution is 5.91. The molecule has 0 amide bonds. The van der Waals surface area contributed by atoms with Crippen LogP contribution >= 0.6 is 0 Å². The first-order valence-corrected chi connectivity index (χ1v) is 8.07. The predicted octanol–water partition coefficient (Wildman–Crippen LogP) is 1.68. The van der Waals surface area contributed by atoms with Gasteiger partial charge in [-0.3, -0.25) is 9.80 Å². The summed E-state index contributed by atoms with van der Waals surface area (Å²) < 4.78 is 10.6. The molecule has 1 aromatic carbocycles. The fourth-order valence-corrected chi connectivity index (χ4v) is 3.70. The number of rotatable bonds is 5. The van der Waals surface area contributed by atoms with Gasteiger partial charge in [0.05, 0.1) is 19.8 Å². The first-order chi connectivity index (χ1) is 11.1. The summed E-state index contributed by atoms with van der Waals surface area (Å²) in [5.41, 5.74) is 0.988. The van der Waals surface area contributed by atoms with Crippen molar-refractivity contribution in [3.05, 3.63) is 23.3 Å². The van der Waals surface area contributed by atoms with Gasteiger partial charge in [0.1, 0.15) is 11.5 Å². The molecule has 1 N–H and O–H groups in total. The van der Waals surface area contributed by atoms with E-state index in [1.807, 2.05) is 0 Å². The molecule has 23 heavy (non-hydrogen) atoms. The van der Waals surface area contributed by atoms with Crippen molar-refractivity contribution in [2.45, 2.75) is 25.4 Å². The number of benzene rings is 1. The van der Waals surface area contributed by atoms with Crippen LogP contribution in [0, 0.1) is 0 Å². The molecule has 0 aromatic heterocycles. The van der Waals surface area contributed by atoms with Gasteiger partial charge in [-0.1, -0.05) is 0 Å². The Labute approximate surface area is 136 Å². The Kier molecular flexibility index (Phi) is 4.73. The lowest BCUT2D eigenvalue weighted by Gasteiger charge is -2.37. The van der Waals surface area contributed by atoms with Crippen molar-refractivity contribution in [2.24, 2.45) is 0 Å². The van der Waals surface area contributed by atoms with Gasteiger partial charge < -0.3 is 14.6 Å². The maximum atomic E-state index is 11.6. The molecule has 0 spiro atoms. The van der Waals surface area contributed by atoms with Crippen molar-refractivity contribution in [1.82, 2.24) is 9.80 Å². The van der Waals surface area contributed by atoms with Crippen LogP contribution in [0.1, 0.15) is 28.8 Å². The van der Waals surface area contributed by atoms with Gasteiger partial charge in [-0.2, -0.15) is 0 Å². The highest BCUT2D eigenvalue weighted by Crippen LogP contribution is 2.31. The Balaban J connectivity index is 1.84. The minimum absolute atomic E-state index is 0.259. The largest absolute Gasteiger partial charge is 0.497 e. The SMILES string of the molecule is COc1cc(OC)c(CN2CCN3CCCC3C2)c(C(=O)O)c1. The Morgan fingerprint density at radius 1 is 1.26 bits per heavy atom. The molecular formula is C17H24N2O4. The molecule has 2 heterocycles. The van der Waals surface area contributed by atoms with E-state index >= 15 is 0 Å².